The smallest absolute Gasteiger partial charge is 0.234 e. The molecule has 1 N–H and O–H groups in total. The van der Waals surface area contributed by atoms with Crippen LogP contribution in [0, 0.1) is 0 Å². The number of nitrogens with zero attached hydrogens (tertiary/aromatic N) is 4. The van der Waals surface area contributed by atoms with Crippen molar-refractivity contribution in [2.75, 3.05) is 44.7 Å². The molecule has 0 aromatic carbocycles. The van der Waals surface area contributed by atoms with E-state index in [-0.39, 0.29) is 5.91 Å². The number of ether oxygens (including phenoxy) is 1. The number of methoxy groups -OCH3 is 1. The molecule has 1 saturated carbocycles. The standard InChI is InChI=1S/C14H21N5O2/c1-21-12-8-15-14(16-9-12)19-6-4-18(5-7-19)10-13(20)17-11-2-3-11/h8-9,11H,2-7,10H2,1H3,(H,17,20). The van der Waals surface area contributed by atoms with Gasteiger partial charge in [-0.1, -0.05) is 0 Å². The van der Waals surface area contributed by atoms with E-state index in [1.54, 1.807) is 19.5 Å². The van der Waals surface area contributed by atoms with Gasteiger partial charge < -0.3 is 15.0 Å². The lowest BCUT2D eigenvalue weighted by Gasteiger charge is -2.34. The van der Waals surface area contributed by atoms with Gasteiger partial charge in [0.1, 0.15) is 0 Å². The summed E-state index contributed by atoms with van der Waals surface area (Å²) in [4.78, 5) is 24.7. The molecule has 7 heteroatoms. The molecular formula is C14H21N5O2. The first kappa shape index (κ1) is 14.1. The molecular weight excluding hydrogens is 270 g/mol. The number of hydrogen-bond donors (Lipinski definition) is 1. The number of rotatable bonds is 5. The molecule has 7 nitrogen and oxygen atoms in total. The number of anilines is 1. The third-order valence-corrected chi connectivity index (χ3v) is 3.82. The van der Waals surface area contributed by atoms with E-state index >= 15 is 0 Å². The van der Waals surface area contributed by atoms with E-state index < -0.39 is 0 Å². The fourth-order valence-corrected chi connectivity index (χ4v) is 2.39. The summed E-state index contributed by atoms with van der Waals surface area (Å²) in [5.74, 6) is 1.53. The first-order chi connectivity index (χ1) is 10.2. The maximum atomic E-state index is 11.8. The third-order valence-electron chi connectivity index (χ3n) is 3.82. The van der Waals surface area contributed by atoms with E-state index in [9.17, 15) is 4.79 Å². The zero-order valence-electron chi connectivity index (χ0n) is 12.3. The topological polar surface area (TPSA) is 70.6 Å². The molecule has 1 aliphatic carbocycles. The van der Waals surface area contributed by atoms with Gasteiger partial charge in [-0.25, -0.2) is 9.97 Å². The van der Waals surface area contributed by atoms with Crippen molar-refractivity contribution in [1.29, 1.82) is 0 Å². The van der Waals surface area contributed by atoms with E-state index in [0.717, 1.165) is 45.0 Å². The van der Waals surface area contributed by atoms with Crippen LogP contribution in [0.1, 0.15) is 12.8 Å². The Kier molecular flexibility index (Phi) is 4.19. The SMILES string of the molecule is COc1cnc(N2CCN(CC(=O)NC3CC3)CC2)nc1. The first-order valence-electron chi connectivity index (χ1n) is 7.37. The molecule has 0 unspecified atom stereocenters. The van der Waals surface area contributed by atoms with Gasteiger partial charge in [-0.15, -0.1) is 0 Å². The van der Waals surface area contributed by atoms with Crippen LogP contribution in [-0.4, -0.2) is 66.7 Å². The Morgan fingerprint density at radius 2 is 1.95 bits per heavy atom. The lowest BCUT2D eigenvalue weighted by atomic mass is 10.3. The molecule has 1 saturated heterocycles. The molecule has 0 spiro atoms. The lowest BCUT2D eigenvalue weighted by Crippen LogP contribution is -2.50. The molecule has 1 aromatic heterocycles. The average molecular weight is 291 g/mol. The van der Waals surface area contributed by atoms with Gasteiger partial charge in [-0.05, 0) is 12.8 Å². The summed E-state index contributed by atoms with van der Waals surface area (Å²) in [7, 11) is 1.60. The van der Waals surface area contributed by atoms with Crippen LogP contribution < -0.4 is 15.0 Å². The van der Waals surface area contributed by atoms with Crippen LogP contribution in [0.5, 0.6) is 5.75 Å². The summed E-state index contributed by atoms with van der Waals surface area (Å²) >= 11 is 0. The third kappa shape index (κ3) is 3.81. The molecule has 3 rings (SSSR count). The largest absolute Gasteiger partial charge is 0.494 e. The van der Waals surface area contributed by atoms with Crippen molar-refractivity contribution in [2.45, 2.75) is 18.9 Å². The van der Waals surface area contributed by atoms with Crippen molar-refractivity contribution in [3.8, 4) is 5.75 Å². The fraction of sp³-hybridized carbons (Fsp3) is 0.643. The lowest BCUT2D eigenvalue weighted by molar-refractivity contribution is -0.122. The van der Waals surface area contributed by atoms with E-state index in [4.69, 9.17) is 4.74 Å². The molecule has 0 atom stereocenters. The minimum atomic E-state index is 0.145. The number of aromatic nitrogens is 2. The van der Waals surface area contributed by atoms with Crippen molar-refractivity contribution < 1.29 is 9.53 Å². The molecule has 21 heavy (non-hydrogen) atoms. The average Bonchev–Trinajstić information content (AvgIpc) is 3.32. The predicted octanol–water partition coefficient (Wildman–Crippen LogP) is -0.114. The van der Waals surface area contributed by atoms with Gasteiger partial charge in [0.25, 0.3) is 0 Å². The highest BCUT2D eigenvalue weighted by molar-refractivity contribution is 5.78. The maximum absolute atomic E-state index is 11.8. The van der Waals surface area contributed by atoms with Crippen LogP contribution in [0.2, 0.25) is 0 Å². The van der Waals surface area contributed by atoms with Gasteiger partial charge in [-0.2, -0.15) is 0 Å². The molecule has 1 amide bonds. The fourth-order valence-electron chi connectivity index (χ4n) is 2.39. The van der Waals surface area contributed by atoms with E-state index in [2.05, 4.69) is 25.1 Å². The Morgan fingerprint density at radius 1 is 1.29 bits per heavy atom. The summed E-state index contributed by atoms with van der Waals surface area (Å²) in [5.41, 5.74) is 0. The van der Waals surface area contributed by atoms with E-state index in [1.165, 1.54) is 0 Å². The number of carbonyl (C=O) groups excluding carboxylic acids is 1. The summed E-state index contributed by atoms with van der Waals surface area (Å²) < 4.78 is 5.06. The Labute approximate surface area is 124 Å². The zero-order chi connectivity index (χ0) is 14.7. The number of hydrogen-bond acceptors (Lipinski definition) is 6. The second-order valence-corrected chi connectivity index (χ2v) is 5.53. The quantitative estimate of drug-likeness (QED) is 0.816. The van der Waals surface area contributed by atoms with Gasteiger partial charge in [0.05, 0.1) is 26.0 Å². The Balaban J connectivity index is 1.46. The van der Waals surface area contributed by atoms with Crippen LogP contribution in [-0.2, 0) is 4.79 Å². The second-order valence-electron chi connectivity index (χ2n) is 5.53. The molecule has 0 radical (unpaired) electrons. The van der Waals surface area contributed by atoms with Gasteiger partial charge in [0.15, 0.2) is 5.75 Å². The van der Waals surface area contributed by atoms with Crippen molar-refractivity contribution in [3.63, 3.8) is 0 Å². The summed E-state index contributed by atoms with van der Waals surface area (Å²) in [6, 6.07) is 0.437. The molecule has 2 fully saturated rings. The Hall–Kier alpha value is -1.89. The van der Waals surface area contributed by atoms with Crippen molar-refractivity contribution in [1.82, 2.24) is 20.2 Å². The first-order valence-corrected chi connectivity index (χ1v) is 7.37. The second kappa shape index (κ2) is 6.26. The molecule has 1 aromatic rings. The van der Waals surface area contributed by atoms with Gasteiger partial charge >= 0.3 is 0 Å². The van der Waals surface area contributed by atoms with Crippen LogP contribution in [0.15, 0.2) is 12.4 Å². The minimum absolute atomic E-state index is 0.145. The molecule has 1 aliphatic heterocycles. The maximum Gasteiger partial charge on any atom is 0.234 e. The monoisotopic (exact) mass is 291 g/mol. The number of piperazine rings is 1. The number of amides is 1. The van der Waals surface area contributed by atoms with Crippen LogP contribution in [0.25, 0.3) is 0 Å². The summed E-state index contributed by atoms with van der Waals surface area (Å²) in [6.07, 6.45) is 5.62. The summed E-state index contributed by atoms with van der Waals surface area (Å²) in [6.45, 7) is 3.88. The van der Waals surface area contributed by atoms with Gasteiger partial charge in [-0.3, -0.25) is 9.69 Å². The highest BCUT2D eigenvalue weighted by Crippen LogP contribution is 2.18. The van der Waals surface area contributed by atoms with Crippen LogP contribution in [0.3, 0.4) is 0 Å². The molecule has 2 heterocycles. The summed E-state index contributed by atoms with van der Waals surface area (Å²) in [5, 5.41) is 3.02. The van der Waals surface area contributed by atoms with Crippen molar-refractivity contribution in [3.05, 3.63) is 12.4 Å². The van der Waals surface area contributed by atoms with E-state index in [0.29, 0.717) is 18.3 Å². The van der Waals surface area contributed by atoms with E-state index in [1.807, 2.05) is 0 Å². The zero-order valence-corrected chi connectivity index (χ0v) is 12.3. The molecule has 0 bridgehead atoms. The Morgan fingerprint density at radius 3 is 2.52 bits per heavy atom. The number of nitrogens with one attached hydrogen (secondary N) is 1. The highest BCUT2D eigenvalue weighted by Gasteiger charge is 2.25. The normalized spacial score (nSPS) is 19.4. The van der Waals surface area contributed by atoms with Gasteiger partial charge in [0, 0.05) is 32.2 Å². The Bertz CT molecular complexity index is 481. The highest BCUT2D eigenvalue weighted by atomic mass is 16.5. The molecule has 114 valence electrons. The van der Waals surface area contributed by atoms with Crippen molar-refractivity contribution >= 4 is 11.9 Å². The van der Waals surface area contributed by atoms with Crippen LogP contribution >= 0.6 is 0 Å². The number of carbonyl (C=O) groups is 1. The van der Waals surface area contributed by atoms with Gasteiger partial charge in [0.2, 0.25) is 11.9 Å². The van der Waals surface area contributed by atoms with Crippen molar-refractivity contribution in [2.24, 2.45) is 0 Å². The minimum Gasteiger partial charge on any atom is -0.494 e. The van der Waals surface area contributed by atoms with Crippen LogP contribution in [0.4, 0.5) is 5.95 Å². The predicted molar refractivity (Wildman–Crippen MR) is 78.4 cm³/mol. The molecule has 2 aliphatic rings.